The van der Waals surface area contributed by atoms with E-state index >= 15 is 0 Å². The van der Waals surface area contributed by atoms with E-state index in [0.29, 0.717) is 36.6 Å². The number of hydrogen-bond acceptors (Lipinski definition) is 4. The molecule has 1 aliphatic rings. The highest BCUT2D eigenvalue weighted by Crippen LogP contribution is 2.27. The van der Waals surface area contributed by atoms with Gasteiger partial charge in [-0.25, -0.2) is 14.8 Å². The summed E-state index contributed by atoms with van der Waals surface area (Å²) in [5, 5.41) is 12.9. The zero-order valence-electron chi connectivity index (χ0n) is 18.9. The van der Waals surface area contributed by atoms with E-state index in [1.165, 1.54) is 29.9 Å². The molecule has 0 saturated carbocycles. The van der Waals surface area contributed by atoms with Crippen LogP contribution in [0.5, 0.6) is 0 Å². The molecule has 0 atom stereocenters. The van der Waals surface area contributed by atoms with Crippen molar-refractivity contribution in [2.45, 2.75) is 20.3 Å². The first kappa shape index (κ1) is 22.8. The Labute approximate surface area is 196 Å². The molecular formula is C25H25N5O4. The molecule has 3 aromatic rings. The summed E-state index contributed by atoms with van der Waals surface area (Å²) in [7, 11) is 0. The van der Waals surface area contributed by atoms with Gasteiger partial charge in [0.15, 0.2) is 0 Å². The first-order valence-corrected chi connectivity index (χ1v) is 10.9. The standard InChI is InChI=1S/C25H25N5O4/c1-16(31)26-22-12-11-19(15-23(22)27-17(2)32)24(33)29-13-6-14-30(29)25(34)28-21-10-5-8-18-7-3-4-9-20(18)21/h3-5,7-12,15H,6,13-14H2,1-2H3,(H,26,31)(H,27,32)(H,28,34). The minimum absolute atomic E-state index is 0.280. The predicted molar refractivity (Wildman–Crippen MR) is 130 cm³/mol. The van der Waals surface area contributed by atoms with Crippen molar-refractivity contribution in [3.63, 3.8) is 0 Å². The average molecular weight is 460 g/mol. The van der Waals surface area contributed by atoms with Gasteiger partial charge in [0.2, 0.25) is 11.8 Å². The lowest BCUT2D eigenvalue weighted by molar-refractivity contribution is -0.115. The highest BCUT2D eigenvalue weighted by molar-refractivity contribution is 6.04. The molecule has 9 heteroatoms. The first-order valence-electron chi connectivity index (χ1n) is 10.9. The third-order valence-electron chi connectivity index (χ3n) is 5.42. The molecule has 174 valence electrons. The monoisotopic (exact) mass is 459 g/mol. The van der Waals surface area contributed by atoms with Crippen LogP contribution in [-0.4, -0.2) is 46.9 Å². The van der Waals surface area contributed by atoms with Crippen LogP contribution < -0.4 is 16.0 Å². The zero-order chi connectivity index (χ0) is 24.2. The van der Waals surface area contributed by atoms with Crippen LogP contribution in [0, 0.1) is 0 Å². The molecule has 1 aliphatic heterocycles. The molecule has 0 radical (unpaired) electrons. The average Bonchev–Trinajstić information content (AvgIpc) is 3.29. The fourth-order valence-corrected chi connectivity index (χ4v) is 3.97. The van der Waals surface area contributed by atoms with Gasteiger partial charge >= 0.3 is 6.03 Å². The number of benzene rings is 3. The summed E-state index contributed by atoms with van der Waals surface area (Å²) in [5.74, 6) is -1.03. The van der Waals surface area contributed by atoms with Crippen molar-refractivity contribution >= 4 is 51.6 Å². The lowest BCUT2D eigenvalue weighted by Crippen LogP contribution is -2.46. The summed E-state index contributed by atoms with van der Waals surface area (Å²) < 4.78 is 0. The number of carbonyl (C=O) groups excluding carboxylic acids is 4. The van der Waals surface area contributed by atoms with Gasteiger partial charge in [-0.3, -0.25) is 14.4 Å². The summed E-state index contributed by atoms with van der Waals surface area (Å²) in [6, 6.07) is 17.6. The van der Waals surface area contributed by atoms with Crippen LogP contribution in [-0.2, 0) is 9.59 Å². The van der Waals surface area contributed by atoms with Crippen molar-refractivity contribution in [1.82, 2.24) is 10.0 Å². The quantitative estimate of drug-likeness (QED) is 0.547. The molecule has 1 saturated heterocycles. The van der Waals surface area contributed by atoms with Gasteiger partial charge in [-0.15, -0.1) is 0 Å². The van der Waals surface area contributed by atoms with Crippen LogP contribution in [0.3, 0.4) is 0 Å². The number of fused-ring (bicyclic) bond motifs is 1. The number of nitrogens with one attached hydrogen (secondary N) is 3. The maximum absolute atomic E-state index is 13.3. The molecule has 1 fully saturated rings. The van der Waals surface area contributed by atoms with Crippen LogP contribution in [0.15, 0.2) is 60.7 Å². The number of nitrogens with zero attached hydrogens (tertiary/aromatic N) is 2. The van der Waals surface area contributed by atoms with Gasteiger partial charge in [0.05, 0.1) is 17.1 Å². The third-order valence-corrected chi connectivity index (χ3v) is 5.42. The lowest BCUT2D eigenvalue weighted by Gasteiger charge is -2.28. The van der Waals surface area contributed by atoms with Crippen molar-refractivity contribution in [1.29, 1.82) is 0 Å². The molecule has 1 heterocycles. The molecular weight excluding hydrogens is 434 g/mol. The van der Waals surface area contributed by atoms with Gasteiger partial charge in [0.25, 0.3) is 5.91 Å². The fraction of sp³-hybridized carbons (Fsp3) is 0.200. The normalized spacial score (nSPS) is 13.0. The lowest BCUT2D eigenvalue weighted by atomic mass is 10.1. The second-order valence-electron chi connectivity index (χ2n) is 7.98. The third kappa shape index (κ3) is 4.83. The molecule has 3 aromatic carbocycles. The van der Waals surface area contributed by atoms with E-state index in [2.05, 4.69) is 16.0 Å². The van der Waals surface area contributed by atoms with Crippen molar-refractivity contribution in [3.8, 4) is 0 Å². The van der Waals surface area contributed by atoms with Gasteiger partial charge in [0, 0.05) is 37.9 Å². The Bertz CT molecular complexity index is 1280. The number of hydrogen-bond donors (Lipinski definition) is 3. The molecule has 0 unspecified atom stereocenters. The smallest absolute Gasteiger partial charge is 0.325 e. The van der Waals surface area contributed by atoms with Crippen molar-refractivity contribution in [2.24, 2.45) is 0 Å². The predicted octanol–water partition coefficient (Wildman–Crippen LogP) is 4.05. The van der Waals surface area contributed by atoms with Crippen molar-refractivity contribution in [3.05, 3.63) is 66.2 Å². The molecule has 0 aromatic heterocycles. The van der Waals surface area contributed by atoms with Crippen LogP contribution in [0.1, 0.15) is 30.6 Å². The Morgan fingerprint density at radius 3 is 2.15 bits per heavy atom. The SMILES string of the molecule is CC(=O)Nc1ccc(C(=O)N2CCCN2C(=O)Nc2cccc3ccccc23)cc1NC(C)=O. The Balaban J connectivity index is 1.56. The Hall–Kier alpha value is -4.40. The summed E-state index contributed by atoms with van der Waals surface area (Å²) in [6.45, 7) is 3.47. The molecule has 4 rings (SSSR count). The van der Waals surface area contributed by atoms with E-state index < -0.39 is 6.03 Å². The fourth-order valence-electron chi connectivity index (χ4n) is 3.97. The number of anilines is 3. The van der Waals surface area contributed by atoms with Gasteiger partial charge in [-0.05, 0) is 36.1 Å². The summed E-state index contributed by atoms with van der Waals surface area (Å²) in [6.07, 6.45) is 0.636. The number of hydrazine groups is 1. The van der Waals surface area contributed by atoms with E-state index in [4.69, 9.17) is 0 Å². The second-order valence-corrected chi connectivity index (χ2v) is 7.98. The van der Waals surface area contributed by atoms with E-state index in [1.54, 1.807) is 12.1 Å². The van der Waals surface area contributed by atoms with Crippen LogP contribution >= 0.6 is 0 Å². The van der Waals surface area contributed by atoms with E-state index in [-0.39, 0.29) is 23.3 Å². The van der Waals surface area contributed by atoms with E-state index in [0.717, 1.165) is 10.8 Å². The second kappa shape index (κ2) is 9.62. The molecule has 3 N–H and O–H groups in total. The Kier molecular flexibility index (Phi) is 6.44. The minimum atomic E-state index is -0.404. The topological polar surface area (TPSA) is 111 Å². The van der Waals surface area contributed by atoms with Gasteiger partial charge in [-0.1, -0.05) is 36.4 Å². The Morgan fingerprint density at radius 1 is 0.706 bits per heavy atom. The van der Waals surface area contributed by atoms with Crippen molar-refractivity contribution < 1.29 is 19.2 Å². The summed E-state index contributed by atoms with van der Waals surface area (Å²) in [4.78, 5) is 49.5. The summed E-state index contributed by atoms with van der Waals surface area (Å²) >= 11 is 0. The highest BCUT2D eigenvalue weighted by Gasteiger charge is 2.32. The van der Waals surface area contributed by atoms with E-state index in [1.807, 2.05) is 42.5 Å². The molecule has 0 aliphatic carbocycles. The largest absolute Gasteiger partial charge is 0.340 e. The maximum atomic E-state index is 13.3. The highest BCUT2D eigenvalue weighted by atomic mass is 16.2. The zero-order valence-corrected chi connectivity index (χ0v) is 18.9. The number of carbonyl (C=O) groups is 4. The van der Waals surface area contributed by atoms with Crippen LogP contribution in [0.2, 0.25) is 0 Å². The maximum Gasteiger partial charge on any atom is 0.340 e. The van der Waals surface area contributed by atoms with Gasteiger partial charge in [0.1, 0.15) is 0 Å². The molecule has 9 nitrogen and oxygen atoms in total. The molecule has 34 heavy (non-hydrogen) atoms. The molecule has 5 amide bonds. The number of amides is 5. The van der Waals surface area contributed by atoms with Crippen LogP contribution in [0.4, 0.5) is 21.9 Å². The molecule has 0 bridgehead atoms. The summed E-state index contributed by atoms with van der Waals surface area (Å²) in [5.41, 5.74) is 1.63. The minimum Gasteiger partial charge on any atom is -0.325 e. The van der Waals surface area contributed by atoms with E-state index in [9.17, 15) is 19.2 Å². The van der Waals surface area contributed by atoms with Crippen molar-refractivity contribution in [2.75, 3.05) is 29.0 Å². The molecule has 0 spiro atoms. The Morgan fingerprint density at radius 2 is 1.38 bits per heavy atom. The first-order chi connectivity index (χ1) is 16.3. The van der Waals surface area contributed by atoms with Gasteiger partial charge < -0.3 is 16.0 Å². The number of urea groups is 1. The number of rotatable bonds is 4. The van der Waals surface area contributed by atoms with Crippen LogP contribution in [0.25, 0.3) is 10.8 Å². The van der Waals surface area contributed by atoms with Gasteiger partial charge in [-0.2, -0.15) is 0 Å².